The van der Waals surface area contributed by atoms with Crippen LogP contribution in [-0.4, -0.2) is 50.8 Å². The Labute approximate surface area is 156 Å². The Hall–Kier alpha value is -2.80. The zero-order valence-corrected chi connectivity index (χ0v) is 14.8. The lowest BCUT2D eigenvalue weighted by molar-refractivity contribution is -0.135. The number of piperidine rings is 1. The number of pyridine rings is 1. The molecule has 1 amide bonds. The number of benzene rings is 1. The summed E-state index contributed by atoms with van der Waals surface area (Å²) in [5.74, 6) is -1.02. The number of likely N-dealkylation sites (tertiary alicyclic amines) is 1. The fourth-order valence-corrected chi connectivity index (χ4v) is 3.84. The molecule has 2 atom stereocenters. The number of carbonyl (C=O) groups excluding carboxylic acids is 1. The molecule has 2 aromatic heterocycles. The molecule has 140 valence electrons. The molecule has 0 saturated carbocycles. The number of aromatic amines is 1. The third-order valence-corrected chi connectivity index (χ3v) is 5.25. The van der Waals surface area contributed by atoms with Crippen LogP contribution in [0.25, 0.3) is 11.0 Å². The molecule has 7 heteroatoms. The quantitative estimate of drug-likeness (QED) is 0.742. The summed E-state index contributed by atoms with van der Waals surface area (Å²) in [4.78, 5) is 19.1. The molecule has 2 N–H and O–H groups in total. The number of amides is 1. The molecule has 1 fully saturated rings. The van der Waals surface area contributed by atoms with E-state index in [0.29, 0.717) is 24.3 Å². The third kappa shape index (κ3) is 3.42. The number of aliphatic hydroxyl groups is 1. The minimum absolute atomic E-state index is 0.129. The van der Waals surface area contributed by atoms with Crippen LogP contribution in [0.1, 0.15) is 35.9 Å². The summed E-state index contributed by atoms with van der Waals surface area (Å²) in [6.45, 7) is 0.905. The summed E-state index contributed by atoms with van der Waals surface area (Å²) in [5, 5.41) is 18.1. The minimum Gasteiger partial charge on any atom is -0.395 e. The topological polar surface area (TPSA) is 82.1 Å². The number of nitrogens with one attached hydrogen (secondary N) is 1. The Morgan fingerprint density at radius 1 is 1.33 bits per heavy atom. The molecule has 1 aliphatic rings. The van der Waals surface area contributed by atoms with Gasteiger partial charge in [-0.05, 0) is 42.7 Å². The summed E-state index contributed by atoms with van der Waals surface area (Å²) in [7, 11) is 0. The second kappa shape index (κ2) is 7.44. The Kier molecular flexibility index (Phi) is 4.85. The fraction of sp³-hybridized carbons (Fsp3) is 0.350. The molecule has 0 radical (unpaired) electrons. The van der Waals surface area contributed by atoms with Gasteiger partial charge in [0.2, 0.25) is 5.91 Å². The molecule has 0 aliphatic carbocycles. The van der Waals surface area contributed by atoms with Crippen LogP contribution in [-0.2, 0) is 4.79 Å². The SMILES string of the molecule is O=C(C(CO)c1ccc(F)cc1)N1CCCC(c2[nH]nc3ncccc23)C1. The number of rotatable bonds is 4. The summed E-state index contributed by atoms with van der Waals surface area (Å²) < 4.78 is 13.2. The zero-order valence-electron chi connectivity index (χ0n) is 14.8. The van der Waals surface area contributed by atoms with E-state index in [1.807, 2.05) is 12.1 Å². The highest BCUT2D eigenvalue weighted by atomic mass is 19.1. The van der Waals surface area contributed by atoms with E-state index in [9.17, 15) is 14.3 Å². The first-order valence-electron chi connectivity index (χ1n) is 9.11. The average molecular weight is 368 g/mol. The lowest BCUT2D eigenvalue weighted by atomic mass is 9.91. The molecule has 1 aliphatic heterocycles. The standard InChI is InChI=1S/C20H21FN4O2/c21-15-7-5-13(6-8-15)17(12-26)20(27)25-10-2-3-14(11-25)18-16-4-1-9-22-19(16)24-23-18/h1,4-9,14,17,26H,2-3,10-12H2,(H,22,23,24). The van der Waals surface area contributed by atoms with Gasteiger partial charge < -0.3 is 10.0 Å². The van der Waals surface area contributed by atoms with Crippen LogP contribution >= 0.6 is 0 Å². The number of aromatic nitrogens is 3. The van der Waals surface area contributed by atoms with Crippen LogP contribution in [0.5, 0.6) is 0 Å². The van der Waals surface area contributed by atoms with Crippen LogP contribution in [0.3, 0.4) is 0 Å². The van der Waals surface area contributed by atoms with Crippen LogP contribution in [0, 0.1) is 5.82 Å². The molecule has 1 saturated heterocycles. The van der Waals surface area contributed by atoms with Crippen molar-refractivity contribution >= 4 is 16.9 Å². The number of carbonyl (C=O) groups is 1. The van der Waals surface area contributed by atoms with E-state index in [4.69, 9.17) is 0 Å². The minimum atomic E-state index is -0.676. The average Bonchev–Trinajstić information content (AvgIpc) is 3.14. The van der Waals surface area contributed by atoms with Gasteiger partial charge in [0.1, 0.15) is 5.82 Å². The molecule has 2 unspecified atom stereocenters. The first-order valence-corrected chi connectivity index (χ1v) is 9.11. The molecule has 1 aromatic carbocycles. The molecular formula is C20H21FN4O2. The van der Waals surface area contributed by atoms with Crippen molar-refractivity contribution in [3.63, 3.8) is 0 Å². The molecule has 4 rings (SSSR count). The van der Waals surface area contributed by atoms with Crippen molar-refractivity contribution < 1.29 is 14.3 Å². The van der Waals surface area contributed by atoms with Crippen LogP contribution in [0.2, 0.25) is 0 Å². The van der Waals surface area contributed by atoms with E-state index in [1.165, 1.54) is 12.1 Å². The van der Waals surface area contributed by atoms with Gasteiger partial charge in [0.05, 0.1) is 12.5 Å². The molecule has 3 aromatic rings. The van der Waals surface area contributed by atoms with Gasteiger partial charge in [-0.25, -0.2) is 9.37 Å². The largest absolute Gasteiger partial charge is 0.395 e. The lowest BCUT2D eigenvalue weighted by Crippen LogP contribution is -2.42. The Balaban J connectivity index is 1.55. The van der Waals surface area contributed by atoms with Crippen LogP contribution < -0.4 is 0 Å². The van der Waals surface area contributed by atoms with E-state index in [0.717, 1.165) is 23.9 Å². The van der Waals surface area contributed by atoms with E-state index >= 15 is 0 Å². The molecule has 0 bridgehead atoms. The van der Waals surface area contributed by atoms with Gasteiger partial charge in [0.15, 0.2) is 5.65 Å². The lowest BCUT2D eigenvalue weighted by Gasteiger charge is -2.34. The molecular weight excluding hydrogens is 347 g/mol. The predicted octanol–water partition coefficient (Wildman–Crippen LogP) is 2.58. The van der Waals surface area contributed by atoms with Gasteiger partial charge in [0, 0.05) is 36.3 Å². The van der Waals surface area contributed by atoms with E-state index in [-0.39, 0.29) is 24.2 Å². The first-order chi connectivity index (χ1) is 13.2. The molecule has 0 spiro atoms. The van der Waals surface area contributed by atoms with Gasteiger partial charge in [0.25, 0.3) is 0 Å². The highest BCUT2D eigenvalue weighted by molar-refractivity contribution is 5.84. The van der Waals surface area contributed by atoms with Crippen molar-refractivity contribution in [2.75, 3.05) is 19.7 Å². The number of hydrogen-bond acceptors (Lipinski definition) is 4. The Morgan fingerprint density at radius 3 is 2.93 bits per heavy atom. The van der Waals surface area contributed by atoms with Gasteiger partial charge in [-0.15, -0.1) is 0 Å². The van der Waals surface area contributed by atoms with Crippen molar-refractivity contribution in [3.05, 3.63) is 59.7 Å². The van der Waals surface area contributed by atoms with E-state index in [1.54, 1.807) is 23.2 Å². The smallest absolute Gasteiger partial charge is 0.232 e. The Morgan fingerprint density at radius 2 is 2.15 bits per heavy atom. The van der Waals surface area contributed by atoms with E-state index in [2.05, 4.69) is 15.2 Å². The van der Waals surface area contributed by atoms with Gasteiger partial charge in [-0.1, -0.05) is 12.1 Å². The van der Waals surface area contributed by atoms with Crippen LogP contribution in [0.15, 0.2) is 42.6 Å². The monoisotopic (exact) mass is 368 g/mol. The van der Waals surface area contributed by atoms with Gasteiger partial charge >= 0.3 is 0 Å². The number of H-pyrrole nitrogens is 1. The van der Waals surface area contributed by atoms with Crippen molar-refractivity contribution in [1.29, 1.82) is 0 Å². The summed E-state index contributed by atoms with van der Waals surface area (Å²) >= 11 is 0. The molecule has 6 nitrogen and oxygen atoms in total. The first kappa shape index (κ1) is 17.6. The van der Waals surface area contributed by atoms with Gasteiger partial charge in [-0.2, -0.15) is 5.10 Å². The third-order valence-electron chi connectivity index (χ3n) is 5.25. The van der Waals surface area contributed by atoms with Crippen LogP contribution in [0.4, 0.5) is 4.39 Å². The number of nitrogens with zero attached hydrogens (tertiary/aromatic N) is 3. The second-order valence-corrected chi connectivity index (χ2v) is 6.92. The fourth-order valence-electron chi connectivity index (χ4n) is 3.84. The molecule has 27 heavy (non-hydrogen) atoms. The maximum Gasteiger partial charge on any atom is 0.232 e. The summed E-state index contributed by atoms with van der Waals surface area (Å²) in [5.41, 5.74) is 2.30. The van der Waals surface area contributed by atoms with Gasteiger partial charge in [-0.3, -0.25) is 9.89 Å². The number of aliphatic hydroxyl groups excluding tert-OH is 1. The second-order valence-electron chi connectivity index (χ2n) is 6.92. The summed E-state index contributed by atoms with van der Waals surface area (Å²) in [6, 6.07) is 9.61. The van der Waals surface area contributed by atoms with Crippen molar-refractivity contribution in [2.24, 2.45) is 0 Å². The normalized spacial score (nSPS) is 18.6. The predicted molar refractivity (Wildman–Crippen MR) is 98.7 cm³/mol. The van der Waals surface area contributed by atoms with E-state index < -0.39 is 5.92 Å². The zero-order chi connectivity index (χ0) is 18.8. The van der Waals surface area contributed by atoms with Crippen molar-refractivity contribution in [3.8, 4) is 0 Å². The van der Waals surface area contributed by atoms with Crippen molar-refractivity contribution in [1.82, 2.24) is 20.1 Å². The molecule has 3 heterocycles. The maximum atomic E-state index is 13.2. The number of hydrogen-bond donors (Lipinski definition) is 2. The number of halogens is 1. The highest BCUT2D eigenvalue weighted by Gasteiger charge is 2.31. The Bertz CT molecular complexity index is 941. The van der Waals surface area contributed by atoms with Crippen molar-refractivity contribution in [2.45, 2.75) is 24.7 Å². The maximum absolute atomic E-state index is 13.2. The highest BCUT2D eigenvalue weighted by Crippen LogP contribution is 2.31. The number of fused-ring (bicyclic) bond motifs is 1. The summed E-state index contributed by atoms with van der Waals surface area (Å²) in [6.07, 6.45) is 3.53.